The molecule has 0 aliphatic rings. The first kappa shape index (κ1) is 10.7. The van der Waals surface area contributed by atoms with Gasteiger partial charge in [0.1, 0.15) is 11.3 Å². The molecule has 0 saturated heterocycles. The lowest BCUT2D eigenvalue weighted by Crippen LogP contribution is -2.12. The predicted octanol–water partition coefficient (Wildman–Crippen LogP) is 0.550. The van der Waals surface area contributed by atoms with E-state index in [-0.39, 0.29) is 4.99 Å². The van der Waals surface area contributed by atoms with Gasteiger partial charge in [0.25, 0.3) is 0 Å². The predicted molar refractivity (Wildman–Crippen MR) is 63.9 cm³/mol. The van der Waals surface area contributed by atoms with Crippen molar-refractivity contribution in [2.24, 2.45) is 5.73 Å². The van der Waals surface area contributed by atoms with E-state index in [0.29, 0.717) is 5.82 Å². The molecule has 0 unspecified atom stereocenters. The fourth-order valence-electron chi connectivity index (χ4n) is 1.31. The Morgan fingerprint density at radius 2 is 2.12 bits per heavy atom. The minimum Gasteiger partial charge on any atom is -0.387 e. The maximum Gasteiger partial charge on any atom is 0.208 e. The van der Waals surface area contributed by atoms with E-state index in [2.05, 4.69) is 15.1 Å². The molecule has 0 radical (unpaired) electrons. The molecule has 82 valence electrons. The molecule has 0 fully saturated rings. The van der Waals surface area contributed by atoms with Gasteiger partial charge in [-0.05, 0) is 24.1 Å². The van der Waals surface area contributed by atoms with Gasteiger partial charge < -0.3 is 5.73 Å². The Morgan fingerprint density at radius 1 is 1.38 bits per heavy atom. The van der Waals surface area contributed by atoms with E-state index in [1.54, 1.807) is 23.4 Å². The van der Waals surface area contributed by atoms with E-state index < -0.39 is 0 Å². The van der Waals surface area contributed by atoms with Gasteiger partial charge in [0.05, 0.1) is 0 Å². The van der Waals surface area contributed by atoms with E-state index in [1.165, 1.54) is 5.56 Å². The van der Waals surface area contributed by atoms with Crippen molar-refractivity contribution < 1.29 is 0 Å². The lowest BCUT2D eigenvalue weighted by Gasteiger charge is -2.00. The molecule has 0 bridgehead atoms. The Kier molecular flexibility index (Phi) is 3.21. The lowest BCUT2D eigenvalue weighted by molar-refractivity contribution is 0.612. The summed E-state index contributed by atoms with van der Waals surface area (Å²) < 4.78 is 1.73. The molecule has 0 aromatic carbocycles. The van der Waals surface area contributed by atoms with Crippen LogP contribution in [0.2, 0.25) is 0 Å². The Morgan fingerprint density at radius 3 is 2.75 bits per heavy atom. The summed E-state index contributed by atoms with van der Waals surface area (Å²) in [6, 6.07) is 3.96. The summed E-state index contributed by atoms with van der Waals surface area (Å²) in [5.74, 6) is 0.421. The van der Waals surface area contributed by atoms with E-state index in [4.69, 9.17) is 18.0 Å². The first-order valence-electron chi connectivity index (χ1n) is 4.84. The van der Waals surface area contributed by atoms with Crippen LogP contribution in [0.1, 0.15) is 11.4 Å². The molecular weight excluding hydrogens is 222 g/mol. The minimum absolute atomic E-state index is 0.225. The molecule has 0 atom stereocenters. The number of nitrogens with two attached hydrogens (primary N) is 1. The smallest absolute Gasteiger partial charge is 0.208 e. The van der Waals surface area contributed by atoms with Crippen LogP contribution in [0.3, 0.4) is 0 Å². The SMILES string of the molecule is NC(=S)c1ncn(CCc2ccncc2)n1. The van der Waals surface area contributed by atoms with Crippen LogP contribution in [0.25, 0.3) is 0 Å². The van der Waals surface area contributed by atoms with E-state index >= 15 is 0 Å². The number of aromatic nitrogens is 4. The monoisotopic (exact) mass is 233 g/mol. The highest BCUT2D eigenvalue weighted by atomic mass is 32.1. The average Bonchev–Trinajstić information content (AvgIpc) is 2.76. The summed E-state index contributed by atoms with van der Waals surface area (Å²) in [4.78, 5) is 8.19. The zero-order valence-electron chi connectivity index (χ0n) is 8.58. The number of hydrogen-bond acceptors (Lipinski definition) is 4. The molecule has 0 spiro atoms. The van der Waals surface area contributed by atoms with E-state index in [0.717, 1.165) is 13.0 Å². The quantitative estimate of drug-likeness (QED) is 0.781. The number of rotatable bonds is 4. The van der Waals surface area contributed by atoms with Gasteiger partial charge in [-0.25, -0.2) is 4.98 Å². The van der Waals surface area contributed by atoms with Crippen molar-refractivity contribution >= 4 is 17.2 Å². The molecule has 2 aromatic rings. The summed E-state index contributed by atoms with van der Waals surface area (Å²) in [6.07, 6.45) is 6.06. The molecule has 0 saturated carbocycles. The highest BCUT2D eigenvalue weighted by Crippen LogP contribution is 1.99. The second kappa shape index (κ2) is 4.80. The molecule has 2 N–H and O–H groups in total. The van der Waals surface area contributed by atoms with Crippen molar-refractivity contribution in [2.75, 3.05) is 0 Å². The Balaban J connectivity index is 1.97. The van der Waals surface area contributed by atoms with Gasteiger partial charge in [-0.15, -0.1) is 5.10 Å². The maximum atomic E-state index is 5.42. The van der Waals surface area contributed by atoms with Crippen molar-refractivity contribution in [1.82, 2.24) is 19.7 Å². The highest BCUT2D eigenvalue weighted by Gasteiger charge is 2.02. The van der Waals surface area contributed by atoms with E-state index in [1.807, 2.05) is 12.1 Å². The van der Waals surface area contributed by atoms with Gasteiger partial charge in [-0.2, -0.15) is 0 Å². The number of thiocarbonyl (C=S) groups is 1. The van der Waals surface area contributed by atoms with Gasteiger partial charge >= 0.3 is 0 Å². The first-order chi connectivity index (χ1) is 7.75. The first-order valence-corrected chi connectivity index (χ1v) is 5.24. The number of pyridine rings is 1. The molecule has 5 nitrogen and oxygen atoms in total. The average molecular weight is 233 g/mol. The second-order valence-electron chi connectivity index (χ2n) is 3.30. The Bertz CT molecular complexity index is 479. The van der Waals surface area contributed by atoms with Gasteiger partial charge in [0.15, 0.2) is 0 Å². The van der Waals surface area contributed by atoms with Crippen LogP contribution >= 0.6 is 12.2 Å². The van der Waals surface area contributed by atoms with E-state index in [9.17, 15) is 0 Å². The minimum atomic E-state index is 0.225. The third-order valence-electron chi connectivity index (χ3n) is 2.14. The Hall–Kier alpha value is -1.82. The fourth-order valence-corrected chi connectivity index (χ4v) is 1.40. The summed E-state index contributed by atoms with van der Waals surface area (Å²) in [5.41, 5.74) is 6.63. The number of hydrogen-bond donors (Lipinski definition) is 1. The Labute approximate surface area is 98.3 Å². The van der Waals surface area contributed by atoms with Crippen LogP contribution in [0, 0.1) is 0 Å². The number of nitrogens with zero attached hydrogens (tertiary/aromatic N) is 4. The second-order valence-corrected chi connectivity index (χ2v) is 3.74. The van der Waals surface area contributed by atoms with Gasteiger partial charge in [-0.1, -0.05) is 12.2 Å². The van der Waals surface area contributed by atoms with Crippen LogP contribution in [0.4, 0.5) is 0 Å². The van der Waals surface area contributed by atoms with Crippen molar-refractivity contribution in [2.45, 2.75) is 13.0 Å². The van der Waals surface area contributed by atoms with Crippen molar-refractivity contribution in [1.29, 1.82) is 0 Å². The highest BCUT2D eigenvalue weighted by molar-refractivity contribution is 7.80. The topological polar surface area (TPSA) is 69.6 Å². The molecule has 0 aliphatic carbocycles. The summed E-state index contributed by atoms with van der Waals surface area (Å²) >= 11 is 4.78. The number of aryl methyl sites for hydroxylation is 2. The molecule has 6 heteroatoms. The van der Waals surface area contributed by atoms with Crippen LogP contribution in [-0.2, 0) is 13.0 Å². The fraction of sp³-hybridized carbons (Fsp3) is 0.200. The molecule has 0 aliphatic heterocycles. The third kappa shape index (κ3) is 2.60. The molecule has 2 heterocycles. The maximum absolute atomic E-state index is 5.42. The molecule has 16 heavy (non-hydrogen) atoms. The molecule has 2 aromatic heterocycles. The van der Waals surface area contributed by atoms with Crippen LogP contribution in [0.15, 0.2) is 30.9 Å². The van der Waals surface area contributed by atoms with Gasteiger partial charge in [0, 0.05) is 18.9 Å². The molecule has 2 rings (SSSR count). The molecule has 0 amide bonds. The zero-order valence-corrected chi connectivity index (χ0v) is 9.39. The molecular formula is C10H11N5S. The van der Waals surface area contributed by atoms with Crippen LogP contribution in [0.5, 0.6) is 0 Å². The third-order valence-corrected chi connectivity index (χ3v) is 2.32. The van der Waals surface area contributed by atoms with Crippen molar-refractivity contribution in [3.63, 3.8) is 0 Å². The standard InChI is InChI=1S/C10H11N5S/c11-9(16)10-13-7-15(14-10)6-3-8-1-4-12-5-2-8/h1-2,4-5,7H,3,6H2,(H2,11,16). The summed E-state index contributed by atoms with van der Waals surface area (Å²) in [5, 5.41) is 4.15. The van der Waals surface area contributed by atoms with Crippen LogP contribution < -0.4 is 5.73 Å². The summed E-state index contributed by atoms with van der Waals surface area (Å²) in [7, 11) is 0. The van der Waals surface area contributed by atoms with Gasteiger partial charge in [0.2, 0.25) is 5.82 Å². The largest absolute Gasteiger partial charge is 0.387 e. The van der Waals surface area contributed by atoms with Gasteiger partial charge in [-0.3, -0.25) is 9.67 Å². The summed E-state index contributed by atoms with van der Waals surface area (Å²) in [6.45, 7) is 0.750. The van der Waals surface area contributed by atoms with Crippen molar-refractivity contribution in [3.8, 4) is 0 Å². The zero-order chi connectivity index (χ0) is 11.4. The van der Waals surface area contributed by atoms with Crippen LogP contribution in [-0.4, -0.2) is 24.7 Å². The lowest BCUT2D eigenvalue weighted by atomic mass is 10.2. The normalized spacial score (nSPS) is 10.2. The van der Waals surface area contributed by atoms with Crippen molar-refractivity contribution in [3.05, 3.63) is 42.2 Å².